The molecule has 2 N–H and O–H groups in total. The second-order valence-corrected chi connectivity index (χ2v) is 7.86. The Bertz CT molecular complexity index is 1150. The van der Waals surface area contributed by atoms with Crippen molar-refractivity contribution in [2.75, 3.05) is 18.6 Å². The molecule has 11 heteroatoms. The van der Waals surface area contributed by atoms with E-state index in [9.17, 15) is 28.3 Å². The molecule has 0 bridgehead atoms. The molecule has 0 saturated carbocycles. The molecule has 2 aromatic rings. The van der Waals surface area contributed by atoms with Crippen LogP contribution in [0.3, 0.4) is 0 Å². The molecule has 0 unspecified atom stereocenters. The quantitative estimate of drug-likeness (QED) is 0.694. The summed E-state index contributed by atoms with van der Waals surface area (Å²) in [7, 11) is 1.60. The standard InChI is InChI=1S/C20H19ClF2N4O4/c1-25-13-4-2-3-7-26(13)27-9-11(17(28)18(29)16(27)20(25)31)19(30)24-8-10-5-6-12(22)14(21)15(10)23/h5-6,9,13,29H,2-4,7-8H2,1H3,(H,24,30)/t13-/m0/s1. The predicted molar refractivity (Wildman–Crippen MR) is 108 cm³/mol. The Labute approximate surface area is 180 Å². The number of pyridine rings is 1. The lowest BCUT2D eigenvalue weighted by Gasteiger charge is -2.47. The fourth-order valence-electron chi connectivity index (χ4n) is 3.97. The molecule has 1 atom stereocenters. The number of piperidine rings is 1. The fraction of sp³-hybridized carbons (Fsp3) is 0.350. The number of rotatable bonds is 3. The number of aromatic nitrogens is 1. The van der Waals surface area contributed by atoms with Crippen molar-refractivity contribution >= 4 is 23.4 Å². The van der Waals surface area contributed by atoms with Gasteiger partial charge >= 0.3 is 0 Å². The Hall–Kier alpha value is -3.14. The predicted octanol–water partition coefficient (Wildman–Crippen LogP) is 1.95. The normalized spacial score (nSPS) is 17.9. The molecule has 3 heterocycles. The number of nitrogens with zero attached hydrogens (tertiary/aromatic N) is 3. The van der Waals surface area contributed by atoms with Crippen LogP contribution in [0.25, 0.3) is 0 Å². The number of carbonyl (C=O) groups excluding carboxylic acids is 2. The number of fused-ring (bicyclic) bond motifs is 3. The van der Waals surface area contributed by atoms with E-state index in [0.717, 1.165) is 25.0 Å². The highest BCUT2D eigenvalue weighted by Crippen LogP contribution is 2.28. The van der Waals surface area contributed by atoms with E-state index in [1.807, 2.05) is 5.01 Å². The van der Waals surface area contributed by atoms with Gasteiger partial charge in [-0.15, -0.1) is 0 Å². The van der Waals surface area contributed by atoms with Crippen molar-refractivity contribution in [2.24, 2.45) is 0 Å². The maximum atomic E-state index is 14.1. The largest absolute Gasteiger partial charge is 0.502 e. The van der Waals surface area contributed by atoms with Gasteiger partial charge in [-0.1, -0.05) is 17.7 Å². The topological polar surface area (TPSA) is 94.9 Å². The van der Waals surface area contributed by atoms with Crippen LogP contribution in [0.5, 0.6) is 5.75 Å². The molecule has 0 spiro atoms. The fourth-order valence-corrected chi connectivity index (χ4v) is 4.16. The van der Waals surface area contributed by atoms with Crippen molar-refractivity contribution in [1.29, 1.82) is 0 Å². The zero-order valence-electron chi connectivity index (χ0n) is 16.5. The summed E-state index contributed by atoms with van der Waals surface area (Å²) >= 11 is 5.54. The second-order valence-electron chi connectivity index (χ2n) is 7.49. The van der Waals surface area contributed by atoms with E-state index in [0.29, 0.717) is 13.0 Å². The third-order valence-corrected chi connectivity index (χ3v) is 6.00. The van der Waals surface area contributed by atoms with Gasteiger partial charge in [-0.25, -0.2) is 8.78 Å². The first kappa shape index (κ1) is 21.1. The van der Waals surface area contributed by atoms with Crippen LogP contribution >= 0.6 is 11.6 Å². The van der Waals surface area contributed by atoms with Crippen molar-refractivity contribution in [1.82, 2.24) is 14.9 Å². The third kappa shape index (κ3) is 3.40. The molecule has 2 amide bonds. The Morgan fingerprint density at radius 1 is 1.29 bits per heavy atom. The van der Waals surface area contributed by atoms with Crippen LogP contribution in [-0.4, -0.2) is 46.3 Å². The maximum Gasteiger partial charge on any atom is 0.277 e. The molecule has 0 radical (unpaired) electrons. The number of halogens is 3. The van der Waals surface area contributed by atoms with Crippen LogP contribution in [-0.2, 0) is 6.54 Å². The van der Waals surface area contributed by atoms with Crippen LogP contribution in [0.15, 0.2) is 23.1 Å². The first-order valence-electron chi connectivity index (χ1n) is 9.65. The van der Waals surface area contributed by atoms with Gasteiger partial charge in [-0.05, 0) is 25.3 Å². The molecule has 0 aliphatic carbocycles. The monoisotopic (exact) mass is 452 g/mol. The number of nitrogens with one attached hydrogen (secondary N) is 1. The summed E-state index contributed by atoms with van der Waals surface area (Å²) in [5.41, 5.74) is -1.70. The Morgan fingerprint density at radius 2 is 2.03 bits per heavy atom. The maximum absolute atomic E-state index is 14.1. The number of carbonyl (C=O) groups is 2. The van der Waals surface area contributed by atoms with E-state index < -0.39 is 45.2 Å². The molecule has 1 aromatic carbocycles. The molecular weight excluding hydrogens is 434 g/mol. The molecule has 8 nitrogen and oxygen atoms in total. The minimum atomic E-state index is -1.02. The van der Waals surface area contributed by atoms with E-state index in [-0.39, 0.29) is 24.0 Å². The smallest absolute Gasteiger partial charge is 0.277 e. The van der Waals surface area contributed by atoms with Gasteiger partial charge in [0.2, 0.25) is 5.43 Å². The van der Waals surface area contributed by atoms with Gasteiger partial charge in [0.15, 0.2) is 11.4 Å². The number of hydrogen-bond acceptors (Lipinski definition) is 5. The van der Waals surface area contributed by atoms with Crippen molar-refractivity contribution in [3.8, 4) is 5.75 Å². The average Bonchev–Trinajstić information content (AvgIpc) is 2.77. The zero-order valence-corrected chi connectivity index (χ0v) is 17.2. The van der Waals surface area contributed by atoms with Crippen LogP contribution < -0.4 is 15.8 Å². The van der Waals surface area contributed by atoms with Crippen molar-refractivity contribution < 1.29 is 23.5 Å². The van der Waals surface area contributed by atoms with Gasteiger partial charge in [-0.3, -0.25) is 24.1 Å². The molecule has 164 valence electrons. The summed E-state index contributed by atoms with van der Waals surface area (Å²) in [5, 5.41) is 13.9. The molecule has 2 aliphatic rings. The summed E-state index contributed by atoms with van der Waals surface area (Å²) in [6, 6.07) is 2.09. The number of benzene rings is 1. The van der Waals surface area contributed by atoms with Gasteiger partial charge in [0.25, 0.3) is 11.8 Å². The van der Waals surface area contributed by atoms with E-state index in [2.05, 4.69) is 5.32 Å². The lowest BCUT2D eigenvalue weighted by Crippen LogP contribution is -2.61. The molecule has 1 saturated heterocycles. The van der Waals surface area contributed by atoms with Crippen LogP contribution in [0.4, 0.5) is 8.78 Å². The van der Waals surface area contributed by atoms with Gasteiger partial charge in [0, 0.05) is 31.9 Å². The van der Waals surface area contributed by atoms with Crippen molar-refractivity contribution in [3.63, 3.8) is 0 Å². The average molecular weight is 453 g/mol. The van der Waals surface area contributed by atoms with Gasteiger partial charge in [-0.2, -0.15) is 0 Å². The molecule has 2 aliphatic heterocycles. The zero-order chi connectivity index (χ0) is 22.4. The minimum Gasteiger partial charge on any atom is -0.502 e. The number of amides is 2. The highest BCUT2D eigenvalue weighted by Gasteiger charge is 2.39. The molecule has 1 aromatic heterocycles. The Kier molecular flexibility index (Phi) is 5.34. The highest BCUT2D eigenvalue weighted by molar-refractivity contribution is 6.30. The summed E-state index contributed by atoms with van der Waals surface area (Å²) in [5.74, 6) is -4.18. The first-order valence-corrected chi connectivity index (χ1v) is 10.0. The van der Waals surface area contributed by atoms with Crippen molar-refractivity contribution in [3.05, 3.63) is 62.0 Å². The summed E-state index contributed by atoms with van der Waals surface area (Å²) < 4.78 is 28.7. The highest BCUT2D eigenvalue weighted by atomic mass is 35.5. The van der Waals surface area contributed by atoms with Crippen LogP contribution in [0, 0.1) is 11.6 Å². The molecule has 4 rings (SSSR count). The Balaban J connectivity index is 1.68. The summed E-state index contributed by atoms with van der Waals surface area (Å²) in [4.78, 5) is 39.5. The molecular formula is C20H19ClF2N4O4. The third-order valence-electron chi connectivity index (χ3n) is 5.65. The van der Waals surface area contributed by atoms with E-state index in [1.165, 1.54) is 15.8 Å². The first-order chi connectivity index (χ1) is 14.7. The van der Waals surface area contributed by atoms with E-state index >= 15 is 0 Å². The van der Waals surface area contributed by atoms with E-state index in [1.54, 1.807) is 7.05 Å². The SMILES string of the molecule is CN1C(=O)c2c(O)c(=O)c(C(=O)NCc3ccc(F)c(Cl)c3F)cn2N2CCCC[C@@H]12. The number of aromatic hydroxyl groups is 1. The number of hydrogen-bond donors (Lipinski definition) is 2. The van der Waals surface area contributed by atoms with Gasteiger partial charge in [0.05, 0.1) is 0 Å². The summed E-state index contributed by atoms with van der Waals surface area (Å²) in [6.07, 6.45) is 3.42. The molecule has 1 fully saturated rings. The van der Waals surface area contributed by atoms with Crippen LogP contribution in [0.2, 0.25) is 5.02 Å². The molecule has 31 heavy (non-hydrogen) atoms. The van der Waals surface area contributed by atoms with Crippen molar-refractivity contribution in [2.45, 2.75) is 32.0 Å². The van der Waals surface area contributed by atoms with E-state index in [4.69, 9.17) is 11.6 Å². The van der Waals surface area contributed by atoms with Crippen LogP contribution in [0.1, 0.15) is 45.7 Å². The lowest BCUT2D eigenvalue weighted by atomic mass is 10.1. The van der Waals surface area contributed by atoms with Gasteiger partial charge in [0.1, 0.15) is 28.4 Å². The second kappa shape index (κ2) is 7.84. The summed E-state index contributed by atoms with van der Waals surface area (Å²) in [6.45, 7) is 0.207. The van der Waals surface area contributed by atoms with Gasteiger partial charge < -0.3 is 15.3 Å². The minimum absolute atomic E-state index is 0.0741. The lowest BCUT2D eigenvalue weighted by molar-refractivity contribution is 0.0591. The Morgan fingerprint density at radius 3 is 2.77 bits per heavy atom.